The summed E-state index contributed by atoms with van der Waals surface area (Å²) < 4.78 is 0. The summed E-state index contributed by atoms with van der Waals surface area (Å²) in [6.45, 7) is 5.67. The van der Waals surface area contributed by atoms with Crippen molar-refractivity contribution in [2.24, 2.45) is 5.92 Å². The third kappa shape index (κ3) is 5.46. The molecule has 0 radical (unpaired) electrons. The second-order valence-corrected chi connectivity index (χ2v) is 9.62. The molecule has 5 heteroatoms. The Morgan fingerprint density at radius 2 is 1.40 bits per heavy atom. The highest BCUT2D eigenvalue weighted by atomic mass is 16.4. The zero-order valence-electron chi connectivity index (χ0n) is 20.5. The molecule has 3 N–H and O–H groups in total. The number of amides is 1. The van der Waals surface area contributed by atoms with Crippen LogP contribution >= 0.6 is 0 Å². The molecule has 0 fully saturated rings. The van der Waals surface area contributed by atoms with Crippen LogP contribution in [0.15, 0.2) is 79.0 Å². The minimum atomic E-state index is -1.45. The number of aromatic nitrogens is 1. The molecule has 180 valence electrons. The molecule has 0 saturated heterocycles. The molecular weight excluding hydrogens is 436 g/mol. The summed E-state index contributed by atoms with van der Waals surface area (Å²) in [6, 6.07) is 23.8. The maximum absolute atomic E-state index is 13.7. The second-order valence-electron chi connectivity index (χ2n) is 9.62. The Kier molecular flexibility index (Phi) is 7.06. The third-order valence-corrected chi connectivity index (χ3v) is 6.92. The Labute approximate surface area is 206 Å². The van der Waals surface area contributed by atoms with E-state index in [1.807, 2.05) is 92.8 Å². The van der Waals surface area contributed by atoms with Crippen LogP contribution in [0, 0.1) is 19.8 Å². The monoisotopic (exact) mass is 468 g/mol. The molecule has 0 unspecified atom stereocenters. The summed E-state index contributed by atoms with van der Waals surface area (Å²) in [6.07, 6.45) is 3.08. The number of carbonyl (C=O) groups excluding carboxylic acids is 1. The lowest BCUT2D eigenvalue weighted by molar-refractivity contribution is -0.147. The first-order valence-corrected chi connectivity index (χ1v) is 12.0. The quantitative estimate of drug-likeness (QED) is 0.308. The fourth-order valence-electron chi connectivity index (χ4n) is 4.67. The lowest BCUT2D eigenvalue weighted by Gasteiger charge is -2.29. The van der Waals surface area contributed by atoms with Crippen molar-refractivity contribution in [2.75, 3.05) is 0 Å². The zero-order valence-corrected chi connectivity index (χ0v) is 20.5. The fourth-order valence-corrected chi connectivity index (χ4v) is 4.67. The van der Waals surface area contributed by atoms with Gasteiger partial charge in [-0.1, -0.05) is 66.7 Å². The van der Waals surface area contributed by atoms with E-state index in [0.717, 1.165) is 38.7 Å². The van der Waals surface area contributed by atoms with Crippen LogP contribution in [-0.2, 0) is 28.9 Å². The molecule has 0 aliphatic rings. The summed E-state index contributed by atoms with van der Waals surface area (Å²) >= 11 is 0. The first-order chi connectivity index (χ1) is 16.8. The Morgan fingerprint density at radius 1 is 0.857 bits per heavy atom. The number of carboxylic acid groups (broad SMARTS) is 1. The van der Waals surface area contributed by atoms with Crippen molar-refractivity contribution in [1.29, 1.82) is 0 Å². The Hall–Kier alpha value is -3.86. The summed E-state index contributed by atoms with van der Waals surface area (Å²) in [5.74, 6) is -1.71. The molecule has 1 aromatic heterocycles. The van der Waals surface area contributed by atoms with E-state index >= 15 is 0 Å². The Morgan fingerprint density at radius 3 is 1.97 bits per heavy atom. The van der Waals surface area contributed by atoms with E-state index < -0.39 is 17.4 Å². The Balaban J connectivity index is 1.62. The molecule has 0 aliphatic carbocycles. The van der Waals surface area contributed by atoms with Gasteiger partial charge in [-0.05, 0) is 67.5 Å². The van der Waals surface area contributed by atoms with Gasteiger partial charge in [0.2, 0.25) is 5.91 Å². The van der Waals surface area contributed by atoms with Gasteiger partial charge in [0, 0.05) is 29.4 Å². The third-order valence-electron chi connectivity index (χ3n) is 6.92. The van der Waals surface area contributed by atoms with E-state index in [4.69, 9.17) is 0 Å². The number of H-pyrrole nitrogens is 1. The SMILES string of the molecule is Cc1ccccc1CC(Cc1ccccc1C)C(=O)N[C@](C)(Cc1c[nH]c2ccccc12)C(=O)O. The summed E-state index contributed by atoms with van der Waals surface area (Å²) in [4.78, 5) is 29.3. The van der Waals surface area contributed by atoms with Gasteiger partial charge in [-0.25, -0.2) is 4.79 Å². The van der Waals surface area contributed by atoms with Crippen molar-refractivity contribution in [2.45, 2.75) is 45.6 Å². The highest BCUT2D eigenvalue weighted by Crippen LogP contribution is 2.25. The van der Waals surface area contributed by atoms with Crippen LogP contribution in [-0.4, -0.2) is 27.5 Å². The number of nitrogens with one attached hydrogen (secondary N) is 2. The summed E-state index contributed by atoms with van der Waals surface area (Å²) in [5.41, 5.74) is 4.78. The van der Waals surface area contributed by atoms with Gasteiger partial charge in [0.05, 0.1) is 0 Å². The molecule has 35 heavy (non-hydrogen) atoms. The average Bonchev–Trinajstić information content (AvgIpc) is 3.23. The van der Waals surface area contributed by atoms with Gasteiger partial charge in [0.25, 0.3) is 0 Å². The molecule has 4 rings (SSSR count). The number of fused-ring (bicyclic) bond motifs is 1. The first-order valence-electron chi connectivity index (χ1n) is 12.0. The van der Waals surface area contributed by atoms with Gasteiger partial charge in [0.1, 0.15) is 5.54 Å². The van der Waals surface area contributed by atoms with Crippen molar-refractivity contribution in [3.63, 3.8) is 0 Å². The molecule has 0 bridgehead atoms. The Bertz CT molecular complexity index is 1310. The van der Waals surface area contributed by atoms with E-state index in [2.05, 4.69) is 10.3 Å². The molecule has 0 saturated carbocycles. The molecule has 5 nitrogen and oxygen atoms in total. The largest absolute Gasteiger partial charge is 0.480 e. The molecule has 1 atom stereocenters. The highest BCUT2D eigenvalue weighted by molar-refractivity contribution is 5.90. The van der Waals surface area contributed by atoms with E-state index in [9.17, 15) is 14.7 Å². The lowest BCUT2D eigenvalue weighted by Crippen LogP contribution is -2.55. The van der Waals surface area contributed by atoms with Gasteiger partial charge in [-0.2, -0.15) is 0 Å². The van der Waals surface area contributed by atoms with Crippen LogP contribution in [0.1, 0.15) is 34.7 Å². The van der Waals surface area contributed by atoms with Gasteiger partial charge in [-0.3, -0.25) is 4.79 Å². The number of hydrogen-bond acceptors (Lipinski definition) is 2. The molecular formula is C30H32N2O3. The van der Waals surface area contributed by atoms with Crippen molar-refractivity contribution in [1.82, 2.24) is 10.3 Å². The van der Waals surface area contributed by atoms with Crippen LogP contribution in [0.2, 0.25) is 0 Å². The second kappa shape index (κ2) is 10.2. The number of aromatic amines is 1. The van der Waals surface area contributed by atoms with E-state index in [-0.39, 0.29) is 12.3 Å². The van der Waals surface area contributed by atoms with E-state index in [1.165, 1.54) is 0 Å². The molecule has 0 spiro atoms. The topological polar surface area (TPSA) is 82.2 Å². The number of rotatable bonds is 9. The molecule has 4 aromatic rings. The maximum Gasteiger partial charge on any atom is 0.329 e. The van der Waals surface area contributed by atoms with Crippen LogP contribution in [0.3, 0.4) is 0 Å². The standard InChI is InChI=1S/C30H32N2O3/c1-20-10-4-6-12-22(20)16-24(17-23-13-7-5-11-21(23)2)28(33)32-30(3,29(34)35)18-25-19-31-27-15-9-8-14-26(25)27/h4-15,19,24,31H,16-18H2,1-3H3,(H,32,33)(H,34,35)/t30-/m1/s1. The number of para-hydroxylation sites is 1. The van der Waals surface area contributed by atoms with Crippen LogP contribution in [0.4, 0.5) is 0 Å². The molecule has 3 aromatic carbocycles. The van der Waals surface area contributed by atoms with E-state index in [1.54, 1.807) is 6.92 Å². The van der Waals surface area contributed by atoms with Crippen molar-refractivity contribution in [3.8, 4) is 0 Å². The summed E-state index contributed by atoms with van der Waals surface area (Å²) in [7, 11) is 0. The lowest BCUT2D eigenvalue weighted by atomic mass is 9.86. The van der Waals surface area contributed by atoms with E-state index in [0.29, 0.717) is 12.8 Å². The smallest absolute Gasteiger partial charge is 0.329 e. The predicted octanol–water partition coefficient (Wildman–Crippen LogP) is 5.39. The van der Waals surface area contributed by atoms with Crippen molar-refractivity contribution >= 4 is 22.8 Å². The predicted molar refractivity (Wildman–Crippen MR) is 139 cm³/mol. The average molecular weight is 469 g/mol. The zero-order chi connectivity index (χ0) is 25.0. The highest BCUT2D eigenvalue weighted by Gasteiger charge is 2.37. The number of carbonyl (C=O) groups is 2. The summed E-state index contributed by atoms with van der Waals surface area (Å²) in [5, 5.41) is 14.1. The van der Waals surface area contributed by atoms with Crippen LogP contribution in [0.5, 0.6) is 0 Å². The van der Waals surface area contributed by atoms with Crippen LogP contribution < -0.4 is 5.32 Å². The number of benzene rings is 3. The maximum atomic E-state index is 13.7. The van der Waals surface area contributed by atoms with Crippen molar-refractivity contribution in [3.05, 3.63) is 107 Å². The minimum absolute atomic E-state index is 0.180. The number of carboxylic acids is 1. The first kappa shape index (κ1) is 24.3. The van der Waals surface area contributed by atoms with Crippen LogP contribution in [0.25, 0.3) is 10.9 Å². The van der Waals surface area contributed by atoms with Gasteiger partial charge in [0.15, 0.2) is 0 Å². The number of aliphatic carboxylic acids is 1. The van der Waals surface area contributed by atoms with Crippen molar-refractivity contribution < 1.29 is 14.7 Å². The normalized spacial score (nSPS) is 13.0. The number of aryl methyl sites for hydroxylation is 2. The fraction of sp³-hybridized carbons (Fsp3) is 0.267. The molecule has 1 amide bonds. The molecule has 1 heterocycles. The van der Waals surface area contributed by atoms with Gasteiger partial charge >= 0.3 is 5.97 Å². The van der Waals surface area contributed by atoms with Gasteiger partial charge in [-0.15, -0.1) is 0 Å². The number of hydrogen-bond donors (Lipinski definition) is 3. The minimum Gasteiger partial charge on any atom is -0.480 e. The van der Waals surface area contributed by atoms with Gasteiger partial charge < -0.3 is 15.4 Å². The molecule has 0 aliphatic heterocycles.